The van der Waals surface area contributed by atoms with Gasteiger partial charge in [-0.3, -0.25) is 77.3 Å². The van der Waals surface area contributed by atoms with Crippen molar-refractivity contribution < 1.29 is 67.4 Å². The predicted octanol–water partition coefficient (Wildman–Crippen LogP) is 2.39. The van der Waals surface area contributed by atoms with Gasteiger partial charge in [0.1, 0.15) is 71.8 Å². The van der Waals surface area contributed by atoms with E-state index in [2.05, 4.69) is 83.7 Å². The fourth-order valence-corrected chi connectivity index (χ4v) is 13.0. The molecule has 13 amide bonds. The van der Waals surface area contributed by atoms with Gasteiger partial charge in [-0.05, 0) is 154 Å². The average molecular weight is 1590 g/mol. The zero-order valence-corrected chi connectivity index (χ0v) is 66.0. The van der Waals surface area contributed by atoms with Gasteiger partial charge >= 0.3 is 0 Å². The van der Waals surface area contributed by atoms with Crippen LogP contribution in [0.15, 0.2) is 134 Å². The highest BCUT2D eigenvalue weighted by Crippen LogP contribution is 2.23. The topological polar surface area (TPSA) is 467 Å². The van der Waals surface area contributed by atoms with E-state index in [0.717, 1.165) is 10.8 Å². The molecule has 0 aliphatic carbocycles. The van der Waals surface area contributed by atoms with E-state index in [1.54, 1.807) is 48.5 Å². The molecule has 33 heteroatoms. The second-order valence-electron chi connectivity index (χ2n) is 29.0. The van der Waals surface area contributed by atoms with Crippen LogP contribution in [0.1, 0.15) is 156 Å². The molecule has 612 valence electrons. The molecule has 6 aromatic rings. The van der Waals surface area contributed by atoms with Crippen molar-refractivity contribution in [2.24, 2.45) is 11.7 Å². The summed E-state index contributed by atoms with van der Waals surface area (Å²) in [4.78, 5) is 201. The van der Waals surface area contributed by atoms with Gasteiger partial charge in [-0.15, -0.1) is 0 Å². The fourth-order valence-electron chi connectivity index (χ4n) is 12.9. The lowest BCUT2D eigenvalue weighted by Crippen LogP contribution is -2.61. The number of rotatable bonds is 46. The van der Waals surface area contributed by atoms with Crippen LogP contribution in [0.2, 0.25) is 5.02 Å². The number of fused-ring (bicyclic) bond motifs is 1. The van der Waals surface area contributed by atoms with Gasteiger partial charge in [-0.2, -0.15) is 0 Å². The van der Waals surface area contributed by atoms with Crippen LogP contribution in [0.5, 0.6) is 0 Å². The highest BCUT2D eigenvalue weighted by molar-refractivity contribution is 6.30. The number of likely N-dealkylation sites (tertiary alicyclic amines) is 1. The van der Waals surface area contributed by atoms with Crippen LogP contribution in [0.3, 0.4) is 0 Å². The Hall–Kier alpha value is -11.4. The first-order chi connectivity index (χ1) is 54.7. The Balaban J connectivity index is 1.15. The fraction of sp³-hybridized carbons (Fsp3) is 0.469. The number of carbonyl (C=O) groups is 13. The van der Waals surface area contributed by atoms with Crippen molar-refractivity contribution in [1.29, 1.82) is 0 Å². The molecule has 1 saturated heterocycles. The van der Waals surface area contributed by atoms with E-state index in [4.69, 9.17) is 17.3 Å². The third-order valence-electron chi connectivity index (χ3n) is 19.0. The van der Waals surface area contributed by atoms with Crippen molar-refractivity contribution in [3.05, 3.63) is 167 Å². The second-order valence-corrected chi connectivity index (χ2v) is 29.4. The molecule has 1 fully saturated rings. The summed E-state index contributed by atoms with van der Waals surface area (Å²) in [5, 5.41) is 46.6. The number of unbranched alkanes of at least 4 members (excludes halogenated alkanes) is 3. The van der Waals surface area contributed by atoms with Crippen molar-refractivity contribution in [1.82, 2.24) is 88.6 Å². The van der Waals surface area contributed by atoms with Crippen LogP contribution in [0.25, 0.3) is 10.8 Å². The number of primary amides is 1. The minimum absolute atomic E-state index is 0.0243. The number of nitrogens with one attached hydrogen (secondary N) is 12. The number of halogens is 1. The van der Waals surface area contributed by atoms with E-state index in [1.165, 1.54) is 62.0 Å². The van der Waals surface area contributed by atoms with Crippen LogP contribution >= 0.6 is 11.6 Å². The minimum atomic E-state index is -1.84. The van der Waals surface area contributed by atoms with Crippen molar-refractivity contribution in [2.45, 2.75) is 204 Å². The number of pyridine rings is 2. The van der Waals surface area contributed by atoms with E-state index in [-0.39, 0.29) is 120 Å². The van der Waals surface area contributed by atoms with Gasteiger partial charge in [0.15, 0.2) is 0 Å². The maximum absolute atomic E-state index is 15.2. The van der Waals surface area contributed by atoms with Gasteiger partial charge < -0.3 is 79.5 Å². The summed E-state index contributed by atoms with van der Waals surface area (Å²) in [6.45, 7) is 10.1. The highest BCUT2D eigenvalue weighted by Gasteiger charge is 2.40. The predicted molar refractivity (Wildman–Crippen MR) is 426 cm³/mol. The van der Waals surface area contributed by atoms with Crippen LogP contribution in [0.4, 0.5) is 0 Å². The van der Waals surface area contributed by atoms with Crippen LogP contribution in [0, 0.1) is 5.92 Å². The van der Waals surface area contributed by atoms with Gasteiger partial charge in [0.25, 0.3) is 11.8 Å². The van der Waals surface area contributed by atoms with Crippen molar-refractivity contribution in [3.63, 3.8) is 0 Å². The van der Waals surface area contributed by atoms with Crippen molar-refractivity contribution >= 4 is 99.2 Å². The number of benzene rings is 3. The maximum Gasteiger partial charge on any atom is 0.271 e. The lowest BCUT2D eigenvalue weighted by atomic mass is 9.99. The molecule has 0 bridgehead atoms. The summed E-state index contributed by atoms with van der Waals surface area (Å²) >= 11 is 6.27. The highest BCUT2D eigenvalue weighted by atomic mass is 35.5. The standard InChI is InChI=1S/C81H107ClN18O14/c1-49(2)41-63(75(108)95-62(25-12-13-34-86-50(3)4)81(114)100-40-18-26-69(100)80(113)91-51(5)70(83)103)96-74(107)61(24-11-16-37-90-72(105)67-47-85-38-39-88-67)93-73(106)60(23-10-15-36-89-71(104)59-22-9-14-35-87-59)94-79(112)68(48-101)99-78(111)66(45-55-19-17-33-84-46-55)98-77(110)65(43-53-28-31-58(82)32-29-53)97-76(109)64(92-52(6)102)44-54-27-30-56-20-7-8-21-57(56)42-54/h7-9,14,17,19-22,27-33,35,38-39,42,46-47,49-51,60-66,68-69,86,101H,10-13,15-16,18,23-26,34,36-37,40-41,43-45,48H2,1-6H3,(H2,83,103)(H,89,104)(H,90,105)(H,91,113)(H,92,102)(H,93,106)(H,94,112)(H,95,108)(H,96,107)(H,97,109)(H,98,110)(H,99,111)/t51-,60+,61-,62+,63+,64-,65-,66-,68+,69+/m1/s1. The molecule has 1 aliphatic heterocycles. The monoisotopic (exact) mass is 1590 g/mol. The van der Waals surface area contributed by atoms with Crippen LogP contribution < -0.4 is 69.5 Å². The van der Waals surface area contributed by atoms with Crippen molar-refractivity contribution in [2.75, 3.05) is 32.8 Å². The molecule has 15 N–H and O–H groups in total. The summed E-state index contributed by atoms with van der Waals surface area (Å²) in [7, 11) is 0. The minimum Gasteiger partial charge on any atom is -0.394 e. The summed E-state index contributed by atoms with van der Waals surface area (Å²) in [5.74, 6) is -9.97. The number of nitrogens with zero attached hydrogens (tertiary/aromatic N) is 5. The number of aliphatic hydroxyl groups excluding tert-OH is 1. The number of aromatic nitrogens is 4. The normalized spacial score (nSPS) is 14.9. The molecule has 3 aromatic carbocycles. The van der Waals surface area contributed by atoms with Gasteiger partial charge in [-0.1, -0.05) is 106 Å². The quantitative estimate of drug-likeness (QED) is 0.0244. The third kappa shape index (κ3) is 29.9. The van der Waals surface area contributed by atoms with Crippen LogP contribution in [-0.4, -0.2) is 206 Å². The Morgan fingerprint density at radius 1 is 0.491 bits per heavy atom. The van der Waals surface area contributed by atoms with Gasteiger partial charge in [0.2, 0.25) is 65.0 Å². The molecule has 0 saturated carbocycles. The second kappa shape index (κ2) is 46.6. The Kier molecular flexibility index (Phi) is 36.7. The SMILES string of the molecule is CC(=O)N[C@H](Cc1ccc2ccccc2c1)C(=O)N[C@H](Cc1ccc(Cl)cc1)C(=O)N[C@H](Cc1cccnc1)C(=O)N[C@@H](CO)C(=O)N[C@@H](CCCCNC(=O)c1ccccn1)C(=O)N[C@H](CCCCNC(=O)c1cnccn1)C(=O)N[C@@H](CC(C)C)C(=O)N[C@@H](CCCCNC(C)C)C(=O)N1CCC[C@H]1C(=O)N[C@H](C)C(N)=O. The van der Waals surface area contributed by atoms with E-state index < -0.39 is 144 Å². The molecule has 0 radical (unpaired) electrons. The number of aliphatic hydroxyl groups is 1. The summed E-state index contributed by atoms with van der Waals surface area (Å²) in [6.07, 6.45) is 10.5. The molecule has 0 unspecified atom stereocenters. The molecular weight excluding hydrogens is 1480 g/mol. The average Bonchev–Trinajstić information content (AvgIpc) is 1.51. The number of hydrogen-bond acceptors (Lipinski definition) is 19. The van der Waals surface area contributed by atoms with Crippen LogP contribution in [-0.2, 0) is 72.0 Å². The van der Waals surface area contributed by atoms with Gasteiger partial charge in [0.05, 0.1) is 12.8 Å². The van der Waals surface area contributed by atoms with E-state index in [0.29, 0.717) is 47.5 Å². The maximum atomic E-state index is 15.2. The Bertz CT molecular complexity index is 4210. The largest absolute Gasteiger partial charge is 0.394 e. The van der Waals surface area contributed by atoms with E-state index in [1.807, 2.05) is 70.2 Å². The molecule has 3 aromatic heterocycles. The molecule has 32 nitrogen and oxygen atoms in total. The number of nitrogens with two attached hydrogens (primary N) is 1. The number of carbonyl (C=O) groups excluding carboxylic acids is 13. The first kappa shape index (κ1) is 89.8. The third-order valence-corrected chi connectivity index (χ3v) is 19.2. The van der Waals surface area contributed by atoms with Gasteiger partial charge in [-0.25, -0.2) is 4.98 Å². The first-order valence-electron chi connectivity index (χ1n) is 38.6. The Morgan fingerprint density at radius 2 is 1.00 bits per heavy atom. The smallest absolute Gasteiger partial charge is 0.271 e. The number of amides is 13. The summed E-state index contributed by atoms with van der Waals surface area (Å²) in [5.41, 5.74) is 7.34. The zero-order chi connectivity index (χ0) is 82.6. The summed E-state index contributed by atoms with van der Waals surface area (Å²) < 4.78 is 0. The van der Waals surface area contributed by atoms with E-state index in [9.17, 15) is 57.8 Å². The summed E-state index contributed by atoms with van der Waals surface area (Å²) in [6, 6.07) is 14.3. The lowest BCUT2D eigenvalue weighted by molar-refractivity contribution is -0.142. The molecular formula is C81H107ClN18O14. The lowest BCUT2D eigenvalue weighted by Gasteiger charge is -2.31. The molecule has 4 heterocycles. The van der Waals surface area contributed by atoms with Crippen molar-refractivity contribution in [3.8, 4) is 0 Å². The molecule has 7 rings (SSSR count). The molecule has 0 spiro atoms. The zero-order valence-electron chi connectivity index (χ0n) is 65.2. The molecule has 1 aliphatic rings. The number of hydrogen-bond donors (Lipinski definition) is 14. The molecule has 114 heavy (non-hydrogen) atoms. The van der Waals surface area contributed by atoms with Gasteiger partial charge in [0, 0.05) is 87.9 Å². The Morgan fingerprint density at radius 3 is 1.57 bits per heavy atom. The molecule has 10 atom stereocenters. The Labute approximate surface area is 668 Å². The first-order valence-corrected chi connectivity index (χ1v) is 39.0. The van der Waals surface area contributed by atoms with E-state index >= 15 is 9.59 Å².